The van der Waals surface area contributed by atoms with Gasteiger partial charge in [-0.1, -0.05) is 32.6 Å². The van der Waals surface area contributed by atoms with Crippen LogP contribution >= 0.6 is 0 Å². The van der Waals surface area contributed by atoms with E-state index >= 15 is 0 Å². The molecule has 0 atom stereocenters. The van der Waals surface area contributed by atoms with Crippen molar-refractivity contribution in [1.29, 1.82) is 0 Å². The van der Waals surface area contributed by atoms with Gasteiger partial charge in [0, 0.05) is 32.2 Å². The maximum Gasteiger partial charge on any atom is 0.317 e. The van der Waals surface area contributed by atoms with E-state index in [1.165, 1.54) is 38.5 Å². The monoisotopic (exact) mass is 281 g/mol. The number of piperidine rings is 1. The summed E-state index contributed by atoms with van der Waals surface area (Å²) in [5, 5.41) is 6.64. The van der Waals surface area contributed by atoms with Gasteiger partial charge >= 0.3 is 6.03 Å². The van der Waals surface area contributed by atoms with Crippen molar-refractivity contribution in [2.24, 2.45) is 5.92 Å². The second-order valence-corrected chi connectivity index (χ2v) is 6.54. The maximum absolute atomic E-state index is 12.0. The van der Waals surface area contributed by atoms with Crippen LogP contribution in [0.3, 0.4) is 0 Å². The highest BCUT2D eigenvalue weighted by Crippen LogP contribution is 2.17. The summed E-state index contributed by atoms with van der Waals surface area (Å²) in [5.74, 6) is 0.774. The highest BCUT2D eigenvalue weighted by atomic mass is 16.2. The molecule has 4 nitrogen and oxygen atoms in total. The van der Waals surface area contributed by atoms with Crippen molar-refractivity contribution in [3.05, 3.63) is 0 Å². The molecular weight excluding hydrogens is 250 g/mol. The van der Waals surface area contributed by atoms with Crippen LogP contribution in [-0.4, -0.2) is 43.2 Å². The van der Waals surface area contributed by atoms with E-state index in [4.69, 9.17) is 0 Å². The molecule has 0 radical (unpaired) electrons. The highest BCUT2D eigenvalue weighted by molar-refractivity contribution is 5.74. The van der Waals surface area contributed by atoms with E-state index in [0.717, 1.165) is 44.9 Å². The lowest BCUT2D eigenvalue weighted by atomic mass is 10.00. The number of rotatable bonds is 4. The van der Waals surface area contributed by atoms with Gasteiger partial charge in [-0.25, -0.2) is 4.79 Å². The van der Waals surface area contributed by atoms with Gasteiger partial charge in [-0.05, 0) is 31.6 Å². The van der Waals surface area contributed by atoms with Crippen molar-refractivity contribution < 1.29 is 4.79 Å². The summed E-state index contributed by atoms with van der Waals surface area (Å²) in [5.41, 5.74) is 0. The molecule has 0 bridgehead atoms. The summed E-state index contributed by atoms with van der Waals surface area (Å²) in [6, 6.07) is 0.796. The van der Waals surface area contributed by atoms with Gasteiger partial charge in [0.2, 0.25) is 0 Å². The summed E-state index contributed by atoms with van der Waals surface area (Å²) in [6.07, 6.45) is 10.4. The van der Waals surface area contributed by atoms with Crippen LogP contribution in [-0.2, 0) is 0 Å². The first kappa shape index (κ1) is 15.6. The largest absolute Gasteiger partial charge is 0.337 e. The summed E-state index contributed by atoms with van der Waals surface area (Å²) in [7, 11) is 0. The van der Waals surface area contributed by atoms with Gasteiger partial charge in [-0.15, -0.1) is 0 Å². The van der Waals surface area contributed by atoms with E-state index in [9.17, 15) is 4.79 Å². The van der Waals surface area contributed by atoms with Crippen molar-refractivity contribution in [3.8, 4) is 0 Å². The van der Waals surface area contributed by atoms with E-state index in [-0.39, 0.29) is 6.03 Å². The van der Waals surface area contributed by atoms with Crippen molar-refractivity contribution >= 4 is 6.03 Å². The van der Waals surface area contributed by atoms with Gasteiger partial charge in [-0.3, -0.25) is 0 Å². The maximum atomic E-state index is 12.0. The molecule has 2 fully saturated rings. The van der Waals surface area contributed by atoms with Crippen LogP contribution in [0.4, 0.5) is 4.79 Å². The van der Waals surface area contributed by atoms with Crippen LogP contribution in [0.1, 0.15) is 58.3 Å². The Morgan fingerprint density at radius 3 is 2.30 bits per heavy atom. The standard InChI is InChI=1S/C16H31N3O/c1-14-8-12-19(13-9-14)16(20)18-11-10-17-15-6-4-2-3-5-7-15/h14-15,17H,2-13H2,1H3,(H,18,20). The molecule has 1 heterocycles. The molecule has 4 heteroatoms. The van der Waals surface area contributed by atoms with Gasteiger partial charge in [0.05, 0.1) is 0 Å². The molecule has 0 aromatic carbocycles. The number of carbonyl (C=O) groups is 1. The molecule has 0 aromatic heterocycles. The first-order valence-electron chi connectivity index (χ1n) is 8.52. The molecule has 20 heavy (non-hydrogen) atoms. The van der Waals surface area contributed by atoms with E-state index in [0.29, 0.717) is 6.04 Å². The molecule has 1 saturated heterocycles. The molecule has 1 aliphatic heterocycles. The fraction of sp³-hybridized carbons (Fsp3) is 0.938. The fourth-order valence-corrected chi connectivity index (χ4v) is 3.25. The first-order valence-corrected chi connectivity index (χ1v) is 8.52. The molecule has 2 N–H and O–H groups in total. The normalized spacial score (nSPS) is 22.6. The third kappa shape index (κ3) is 5.31. The Bertz CT molecular complexity index is 279. The predicted molar refractivity (Wildman–Crippen MR) is 82.9 cm³/mol. The quantitative estimate of drug-likeness (QED) is 0.615. The van der Waals surface area contributed by atoms with Crippen LogP contribution in [0, 0.1) is 5.92 Å². The summed E-state index contributed by atoms with van der Waals surface area (Å²) >= 11 is 0. The van der Waals surface area contributed by atoms with E-state index in [2.05, 4.69) is 17.6 Å². The lowest BCUT2D eigenvalue weighted by molar-refractivity contribution is 0.174. The average Bonchev–Trinajstić information content (AvgIpc) is 2.73. The third-order valence-corrected chi connectivity index (χ3v) is 4.76. The first-order chi connectivity index (χ1) is 9.75. The lowest BCUT2D eigenvalue weighted by Gasteiger charge is -2.30. The van der Waals surface area contributed by atoms with Gasteiger partial charge in [-0.2, -0.15) is 0 Å². The molecule has 0 spiro atoms. The second-order valence-electron chi connectivity index (χ2n) is 6.54. The van der Waals surface area contributed by atoms with E-state index < -0.39 is 0 Å². The molecule has 116 valence electrons. The van der Waals surface area contributed by atoms with Crippen LogP contribution in [0.2, 0.25) is 0 Å². The minimum Gasteiger partial charge on any atom is -0.337 e. The minimum absolute atomic E-state index is 0.125. The second kappa shape index (κ2) is 8.50. The lowest BCUT2D eigenvalue weighted by Crippen LogP contribution is -2.46. The van der Waals surface area contributed by atoms with Gasteiger partial charge in [0.1, 0.15) is 0 Å². The van der Waals surface area contributed by atoms with Crippen molar-refractivity contribution in [2.45, 2.75) is 64.3 Å². The zero-order valence-electron chi connectivity index (χ0n) is 13.0. The third-order valence-electron chi connectivity index (χ3n) is 4.76. The SMILES string of the molecule is CC1CCN(C(=O)NCCNC2CCCCCC2)CC1. The zero-order chi connectivity index (χ0) is 14.2. The van der Waals surface area contributed by atoms with E-state index in [1.807, 2.05) is 4.90 Å². The average molecular weight is 281 g/mol. The number of nitrogens with one attached hydrogen (secondary N) is 2. The number of likely N-dealkylation sites (tertiary alicyclic amines) is 1. The van der Waals surface area contributed by atoms with Crippen molar-refractivity contribution in [3.63, 3.8) is 0 Å². The Hall–Kier alpha value is -0.770. The van der Waals surface area contributed by atoms with Gasteiger partial charge < -0.3 is 15.5 Å². The van der Waals surface area contributed by atoms with Crippen LogP contribution < -0.4 is 10.6 Å². The molecule has 2 aliphatic rings. The Kier molecular flexibility index (Phi) is 6.64. The predicted octanol–water partition coefficient (Wildman–Crippen LogP) is 2.74. The highest BCUT2D eigenvalue weighted by Gasteiger charge is 2.19. The molecular formula is C16H31N3O. The van der Waals surface area contributed by atoms with Gasteiger partial charge in [0.15, 0.2) is 0 Å². The molecule has 2 amide bonds. The van der Waals surface area contributed by atoms with Crippen LogP contribution in [0.25, 0.3) is 0 Å². The topological polar surface area (TPSA) is 44.4 Å². The Morgan fingerprint density at radius 2 is 1.65 bits per heavy atom. The van der Waals surface area contributed by atoms with Gasteiger partial charge in [0.25, 0.3) is 0 Å². The summed E-state index contributed by atoms with van der Waals surface area (Å²) in [4.78, 5) is 14.0. The molecule has 1 saturated carbocycles. The Labute approximate surface area is 123 Å². The fourth-order valence-electron chi connectivity index (χ4n) is 3.25. The molecule has 0 unspecified atom stereocenters. The number of amides is 2. The van der Waals surface area contributed by atoms with E-state index in [1.54, 1.807) is 0 Å². The zero-order valence-corrected chi connectivity index (χ0v) is 13.0. The number of urea groups is 1. The van der Waals surface area contributed by atoms with Crippen LogP contribution in [0.15, 0.2) is 0 Å². The number of carbonyl (C=O) groups excluding carboxylic acids is 1. The Balaban J connectivity index is 1.54. The molecule has 1 aliphatic carbocycles. The number of hydrogen-bond donors (Lipinski definition) is 2. The minimum atomic E-state index is 0.125. The number of hydrogen-bond acceptors (Lipinski definition) is 2. The number of nitrogens with zero attached hydrogens (tertiary/aromatic N) is 1. The Morgan fingerprint density at radius 1 is 1.00 bits per heavy atom. The summed E-state index contributed by atoms with van der Waals surface area (Å²) < 4.78 is 0. The molecule has 0 aromatic rings. The smallest absolute Gasteiger partial charge is 0.317 e. The van der Waals surface area contributed by atoms with Crippen molar-refractivity contribution in [2.75, 3.05) is 26.2 Å². The van der Waals surface area contributed by atoms with Crippen molar-refractivity contribution in [1.82, 2.24) is 15.5 Å². The molecule has 2 rings (SSSR count). The summed E-state index contributed by atoms with van der Waals surface area (Å²) in [6.45, 7) is 5.76. The van der Waals surface area contributed by atoms with Crippen LogP contribution in [0.5, 0.6) is 0 Å².